The summed E-state index contributed by atoms with van der Waals surface area (Å²) in [6.07, 6.45) is 1.92. The average Bonchev–Trinajstić information content (AvgIpc) is 2.74. The van der Waals surface area contributed by atoms with Crippen molar-refractivity contribution in [3.63, 3.8) is 0 Å². The highest BCUT2D eigenvalue weighted by Crippen LogP contribution is 2.30. The molecule has 1 heterocycles. The summed E-state index contributed by atoms with van der Waals surface area (Å²) >= 11 is 6.49. The van der Waals surface area contributed by atoms with E-state index in [1.54, 1.807) is 0 Å². The standard InChI is InChI=1S/C18H17ClN/c1-3-13-8-10-14(11-9-13)12-16-15-6-4-5-7-17(15)20(2)18(16)19/h4-5,7-11H,3,12H2,1-2H3. The molecule has 2 aromatic carbocycles. The third kappa shape index (κ3) is 2.23. The molecule has 101 valence electrons. The third-order valence-corrected chi connectivity index (χ3v) is 4.33. The molecular weight excluding hydrogens is 266 g/mol. The van der Waals surface area contributed by atoms with Gasteiger partial charge in [-0.25, -0.2) is 0 Å². The second kappa shape index (κ2) is 5.34. The monoisotopic (exact) mass is 282 g/mol. The van der Waals surface area contributed by atoms with E-state index >= 15 is 0 Å². The average molecular weight is 283 g/mol. The summed E-state index contributed by atoms with van der Waals surface area (Å²) in [6, 6.07) is 18.1. The lowest BCUT2D eigenvalue weighted by Gasteiger charge is -2.03. The molecule has 1 aromatic heterocycles. The highest BCUT2D eigenvalue weighted by Gasteiger charge is 2.13. The van der Waals surface area contributed by atoms with Gasteiger partial charge in [0, 0.05) is 29.9 Å². The summed E-state index contributed by atoms with van der Waals surface area (Å²) in [5, 5.41) is 1.93. The number of benzene rings is 2. The quantitative estimate of drug-likeness (QED) is 0.651. The van der Waals surface area contributed by atoms with E-state index in [0.717, 1.165) is 34.5 Å². The summed E-state index contributed by atoms with van der Waals surface area (Å²) in [5.41, 5.74) is 4.95. The molecule has 0 amide bonds. The number of rotatable bonds is 3. The lowest BCUT2D eigenvalue weighted by atomic mass is 10.0. The second-order valence-electron chi connectivity index (χ2n) is 5.11. The van der Waals surface area contributed by atoms with Crippen molar-refractivity contribution in [3.8, 4) is 0 Å². The van der Waals surface area contributed by atoms with Crippen LogP contribution in [0.3, 0.4) is 0 Å². The summed E-state index contributed by atoms with van der Waals surface area (Å²) in [7, 11) is 2.00. The Morgan fingerprint density at radius 1 is 1.10 bits per heavy atom. The van der Waals surface area contributed by atoms with Crippen LogP contribution < -0.4 is 0 Å². The lowest BCUT2D eigenvalue weighted by molar-refractivity contribution is 0.959. The van der Waals surface area contributed by atoms with Crippen molar-refractivity contribution in [2.45, 2.75) is 19.8 Å². The van der Waals surface area contributed by atoms with Gasteiger partial charge in [-0.1, -0.05) is 54.9 Å². The number of nitrogens with zero attached hydrogens (tertiary/aromatic N) is 1. The van der Waals surface area contributed by atoms with Gasteiger partial charge < -0.3 is 4.57 Å². The van der Waals surface area contributed by atoms with E-state index in [1.165, 1.54) is 11.1 Å². The predicted octanol–water partition coefficient (Wildman–Crippen LogP) is 4.79. The zero-order chi connectivity index (χ0) is 14.1. The maximum Gasteiger partial charge on any atom is 0.113 e. The number of hydrogen-bond acceptors (Lipinski definition) is 0. The van der Waals surface area contributed by atoms with Gasteiger partial charge >= 0.3 is 0 Å². The van der Waals surface area contributed by atoms with Gasteiger partial charge in [-0.05, 0) is 29.7 Å². The van der Waals surface area contributed by atoms with Gasteiger partial charge in [0.15, 0.2) is 0 Å². The maximum atomic E-state index is 6.49. The van der Waals surface area contributed by atoms with Gasteiger partial charge in [0.2, 0.25) is 0 Å². The van der Waals surface area contributed by atoms with Crippen LogP contribution in [0.5, 0.6) is 0 Å². The summed E-state index contributed by atoms with van der Waals surface area (Å²) in [5.74, 6) is 0. The van der Waals surface area contributed by atoms with Crippen molar-refractivity contribution >= 4 is 22.5 Å². The first-order valence-electron chi connectivity index (χ1n) is 6.92. The molecule has 3 rings (SSSR count). The fourth-order valence-corrected chi connectivity index (χ4v) is 2.87. The highest BCUT2D eigenvalue weighted by atomic mass is 35.5. The molecule has 0 aliphatic carbocycles. The Bertz CT molecular complexity index is 738. The topological polar surface area (TPSA) is 4.93 Å². The van der Waals surface area contributed by atoms with Gasteiger partial charge in [-0.15, -0.1) is 0 Å². The maximum absolute atomic E-state index is 6.49. The molecule has 1 nitrogen and oxygen atoms in total. The first-order valence-corrected chi connectivity index (χ1v) is 7.29. The molecule has 0 bridgehead atoms. The predicted molar refractivity (Wildman–Crippen MR) is 85.4 cm³/mol. The van der Waals surface area contributed by atoms with Crippen molar-refractivity contribution in [3.05, 3.63) is 70.4 Å². The Hall–Kier alpha value is -1.73. The van der Waals surface area contributed by atoms with Gasteiger partial charge in [0.05, 0.1) is 0 Å². The fourth-order valence-electron chi connectivity index (χ4n) is 2.62. The Morgan fingerprint density at radius 3 is 2.50 bits per heavy atom. The van der Waals surface area contributed by atoms with E-state index in [9.17, 15) is 0 Å². The third-order valence-electron chi connectivity index (χ3n) is 3.85. The number of aryl methyl sites for hydroxylation is 2. The molecule has 0 fully saturated rings. The van der Waals surface area contributed by atoms with Crippen LogP contribution in [0.25, 0.3) is 10.9 Å². The molecule has 1 radical (unpaired) electrons. The summed E-state index contributed by atoms with van der Waals surface area (Å²) < 4.78 is 2.03. The number of aromatic nitrogens is 1. The Balaban J connectivity index is 2.03. The first-order chi connectivity index (χ1) is 9.70. The molecule has 20 heavy (non-hydrogen) atoms. The van der Waals surface area contributed by atoms with Crippen LogP contribution >= 0.6 is 11.6 Å². The van der Waals surface area contributed by atoms with Crippen molar-refractivity contribution in [1.82, 2.24) is 4.57 Å². The Morgan fingerprint density at radius 2 is 1.80 bits per heavy atom. The smallest absolute Gasteiger partial charge is 0.113 e. The normalized spacial score (nSPS) is 11.2. The van der Waals surface area contributed by atoms with E-state index in [-0.39, 0.29) is 0 Å². The van der Waals surface area contributed by atoms with Crippen molar-refractivity contribution in [2.75, 3.05) is 0 Å². The lowest BCUT2D eigenvalue weighted by Crippen LogP contribution is -1.91. The Labute approximate surface area is 124 Å². The SMILES string of the molecule is CCc1ccc(Cc2c(Cl)n(C)c3ccc[c]c23)cc1. The molecule has 0 spiro atoms. The second-order valence-corrected chi connectivity index (χ2v) is 5.46. The number of halogens is 1. The van der Waals surface area contributed by atoms with Crippen molar-refractivity contribution in [1.29, 1.82) is 0 Å². The summed E-state index contributed by atoms with van der Waals surface area (Å²) in [6.45, 7) is 2.17. The fraction of sp³-hybridized carbons (Fsp3) is 0.222. The minimum absolute atomic E-state index is 0.807. The van der Waals surface area contributed by atoms with Crippen LogP contribution in [0.15, 0.2) is 42.5 Å². The van der Waals surface area contributed by atoms with Crippen LogP contribution in [0.1, 0.15) is 23.6 Å². The number of fused-ring (bicyclic) bond motifs is 1. The van der Waals surface area contributed by atoms with Gasteiger partial charge in [-0.2, -0.15) is 0 Å². The van der Waals surface area contributed by atoms with Crippen LogP contribution in [0, 0.1) is 6.07 Å². The van der Waals surface area contributed by atoms with Crippen LogP contribution in [0.2, 0.25) is 5.15 Å². The van der Waals surface area contributed by atoms with E-state index in [0.29, 0.717) is 0 Å². The van der Waals surface area contributed by atoms with Gasteiger partial charge in [0.25, 0.3) is 0 Å². The molecule has 3 aromatic rings. The molecule has 0 saturated heterocycles. The molecule has 0 aliphatic rings. The molecule has 0 N–H and O–H groups in total. The highest BCUT2D eigenvalue weighted by molar-refractivity contribution is 6.32. The minimum atomic E-state index is 0.807. The zero-order valence-corrected chi connectivity index (χ0v) is 12.5. The Kier molecular flexibility index (Phi) is 3.54. The first kappa shape index (κ1) is 13.3. The van der Waals surface area contributed by atoms with Crippen molar-refractivity contribution in [2.24, 2.45) is 7.05 Å². The molecule has 0 aliphatic heterocycles. The van der Waals surface area contributed by atoms with Crippen LogP contribution in [-0.2, 0) is 19.9 Å². The van der Waals surface area contributed by atoms with Crippen LogP contribution in [0.4, 0.5) is 0 Å². The molecule has 0 saturated carbocycles. The molecule has 2 heteroatoms. The molecule has 0 atom stereocenters. The number of hydrogen-bond donors (Lipinski definition) is 0. The minimum Gasteiger partial charge on any atom is -0.334 e. The van der Waals surface area contributed by atoms with Crippen molar-refractivity contribution < 1.29 is 0 Å². The largest absolute Gasteiger partial charge is 0.334 e. The van der Waals surface area contributed by atoms with Gasteiger partial charge in [-0.3, -0.25) is 0 Å². The van der Waals surface area contributed by atoms with E-state index in [2.05, 4.69) is 43.3 Å². The van der Waals surface area contributed by atoms with E-state index in [4.69, 9.17) is 11.6 Å². The van der Waals surface area contributed by atoms with Gasteiger partial charge in [0.1, 0.15) is 5.15 Å². The van der Waals surface area contributed by atoms with Crippen LogP contribution in [-0.4, -0.2) is 4.57 Å². The zero-order valence-electron chi connectivity index (χ0n) is 11.8. The summed E-state index contributed by atoms with van der Waals surface area (Å²) in [4.78, 5) is 0. The van der Waals surface area contributed by atoms with E-state index in [1.807, 2.05) is 23.7 Å². The molecule has 0 unspecified atom stereocenters. The van der Waals surface area contributed by atoms with E-state index < -0.39 is 0 Å². The molecular formula is C18H17ClN.